The molecule has 2 aliphatic rings. The first-order chi connectivity index (χ1) is 7.34. The molecule has 0 N–H and O–H groups in total. The van der Waals surface area contributed by atoms with E-state index >= 15 is 0 Å². The van der Waals surface area contributed by atoms with E-state index in [9.17, 15) is 0 Å². The summed E-state index contributed by atoms with van der Waals surface area (Å²) >= 11 is 1.58. The van der Waals surface area contributed by atoms with Gasteiger partial charge in [-0.1, -0.05) is 12.8 Å². The molecule has 0 aliphatic heterocycles. The zero-order valence-corrected chi connectivity index (χ0v) is 9.96. The Morgan fingerprint density at radius 1 is 1.20 bits per heavy atom. The van der Waals surface area contributed by atoms with Crippen LogP contribution in [0, 0.1) is 0 Å². The van der Waals surface area contributed by atoms with Crippen LogP contribution in [0.15, 0.2) is 0 Å². The number of rotatable bonds is 3. The Morgan fingerprint density at radius 2 is 1.93 bits per heavy atom. The van der Waals surface area contributed by atoms with Crippen molar-refractivity contribution in [1.82, 2.24) is 9.36 Å². The van der Waals surface area contributed by atoms with Crippen LogP contribution in [0.1, 0.15) is 50.3 Å². The molecule has 15 heavy (non-hydrogen) atoms. The van der Waals surface area contributed by atoms with E-state index in [1.165, 1.54) is 38.5 Å². The fraction of sp³-hybridized carbons (Fsp3) is 0.818. The Balaban J connectivity index is 1.72. The van der Waals surface area contributed by atoms with Crippen molar-refractivity contribution >= 4 is 16.7 Å². The number of hydrogen-bond donors (Lipinski definition) is 0. The molecule has 0 radical (unpaired) electrons. The fourth-order valence-corrected chi connectivity index (χ4v) is 3.10. The summed E-state index contributed by atoms with van der Waals surface area (Å²) in [7, 11) is 2.17. The molecule has 1 aromatic rings. The van der Waals surface area contributed by atoms with Gasteiger partial charge in [-0.15, -0.1) is 0 Å². The third-order valence-corrected chi connectivity index (χ3v) is 4.37. The Hall–Kier alpha value is -0.640. The first kappa shape index (κ1) is 9.58. The number of hydrogen-bond acceptors (Lipinski definition) is 4. The van der Waals surface area contributed by atoms with Crippen LogP contribution < -0.4 is 4.90 Å². The molecule has 2 saturated carbocycles. The van der Waals surface area contributed by atoms with E-state index in [1.807, 2.05) is 0 Å². The molecule has 1 aromatic heterocycles. The molecule has 0 spiro atoms. The molecule has 3 rings (SSSR count). The van der Waals surface area contributed by atoms with E-state index in [0.29, 0.717) is 12.0 Å². The van der Waals surface area contributed by atoms with Gasteiger partial charge in [0.05, 0.1) is 0 Å². The van der Waals surface area contributed by atoms with Gasteiger partial charge >= 0.3 is 0 Å². The van der Waals surface area contributed by atoms with Gasteiger partial charge in [0.15, 0.2) is 0 Å². The Bertz CT molecular complexity index is 339. The van der Waals surface area contributed by atoms with Crippen molar-refractivity contribution in [3.8, 4) is 0 Å². The molecule has 2 aliphatic carbocycles. The van der Waals surface area contributed by atoms with Gasteiger partial charge in [-0.2, -0.15) is 4.37 Å². The second-order valence-electron chi connectivity index (χ2n) is 4.76. The van der Waals surface area contributed by atoms with Crippen molar-refractivity contribution in [3.05, 3.63) is 5.82 Å². The van der Waals surface area contributed by atoms with Crippen LogP contribution in [0.25, 0.3) is 0 Å². The highest BCUT2D eigenvalue weighted by atomic mass is 32.1. The van der Waals surface area contributed by atoms with Crippen LogP contribution in [0.2, 0.25) is 0 Å². The Morgan fingerprint density at radius 3 is 2.60 bits per heavy atom. The molecule has 0 aromatic carbocycles. The predicted molar refractivity (Wildman–Crippen MR) is 62.5 cm³/mol. The van der Waals surface area contributed by atoms with Crippen LogP contribution >= 0.6 is 11.5 Å². The van der Waals surface area contributed by atoms with E-state index in [-0.39, 0.29) is 0 Å². The molecule has 0 saturated heterocycles. The lowest BCUT2D eigenvalue weighted by molar-refractivity contribution is 0.650. The fourth-order valence-electron chi connectivity index (χ4n) is 2.32. The van der Waals surface area contributed by atoms with E-state index in [2.05, 4.69) is 21.3 Å². The molecule has 0 amide bonds. The van der Waals surface area contributed by atoms with Crippen LogP contribution in [0.3, 0.4) is 0 Å². The van der Waals surface area contributed by atoms with Crippen molar-refractivity contribution in [3.63, 3.8) is 0 Å². The molecule has 0 bridgehead atoms. The second-order valence-corrected chi connectivity index (χ2v) is 5.49. The maximum Gasteiger partial charge on any atom is 0.205 e. The molecule has 4 heteroatoms. The van der Waals surface area contributed by atoms with Gasteiger partial charge in [-0.25, -0.2) is 4.98 Å². The third kappa shape index (κ3) is 1.87. The third-order valence-electron chi connectivity index (χ3n) is 3.55. The van der Waals surface area contributed by atoms with E-state index in [4.69, 9.17) is 0 Å². The largest absolute Gasteiger partial charge is 0.347 e. The van der Waals surface area contributed by atoms with E-state index < -0.39 is 0 Å². The summed E-state index contributed by atoms with van der Waals surface area (Å²) < 4.78 is 4.46. The van der Waals surface area contributed by atoms with Crippen molar-refractivity contribution in [2.75, 3.05) is 11.9 Å². The number of anilines is 1. The van der Waals surface area contributed by atoms with Crippen molar-refractivity contribution in [2.45, 2.75) is 50.5 Å². The van der Waals surface area contributed by atoms with E-state index in [1.54, 1.807) is 11.5 Å². The van der Waals surface area contributed by atoms with Gasteiger partial charge in [0, 0.05) is 30.5 Å². The van der Waals surface area contributed by atoms with Gasteiger partial charge in [-0.3, -0.25) is 0 Å². The number of nitrogens with zero attached hydrogens (tertiary/aromatic N) is 3. The monoisotopic (exact) mass is 223 g/mol. The normalized spacial score (nSPS) is 22.2. The summed E-state index contributed by atoms with van der Waals surface area (Å²) in [5.74, 6) is 1.78. The SMILES string of the molecule is CN(c1nc(C2CC2)ns1)C1CCCC1. The predicted octanol–water partition coefficient (Wildman–Crippen LogP) is 2.79. The van der Waals surface area contributed by atoms with Crippen LogP contribution in [0.4, 0.5) is 5.13 Å². The Kier molecular flexibility index (Phi) is 2.39. The van der Waals surface area contributed by atoms with Gasteiger partial charge in [0.2, 0.25) is 5.13 Å². The van der Waals surface area contributed by atoms with Gasteiger partial charge in [0.25, 0.3) is 0 Å². The molecule has 3 nitrogen and oxygen atoms in total. The van der Waals surface area contributed by atoms with Crippen LogP contribution in [0.5, 0.6) is 0 Å². The van der Waals surface area contributed by atoms with Crippen LogP contribution in [-0.4, -0.2) is 22.4 Å². The number of aromatic nitrogens is 2. The molecular weight excluding hydrogens is 206 g/mol. The second kappa shape index (κ2) is 3.74. The molecule has 0 unspecified atom stereocenters. The summed E-state index contributed by atoms with van der Waals surface area (Å²) in [5, 5.41) is 1.13. The van der Waals surface area contributed by atoms with Gasteiger partial charge in [0.1, 0.15) is 5.82 Å². The highest BCUT2D eigenvalue weighted by molar-refractivity contribution is 7.09. The zero-order chi connectivity index (χ0) is 10.3. The summed E-state index contributed by atoms with van der Waals surface area (Å²) in [6.07, 6.45) is 8.00. The minimum Gasteiger partial charge on any atom is -0.347 e. The van der Waals surface area contributed by atoms with Crippen molar-refractivity contribution in [2.24, 2.45) is 0 Å². The Labute approximate surface area is 94.7 Å². The first-order valence-electron chi connectivity index (χ1n) is 5.91. The zero-order valence-electron chi connectivity index (χ0n) is 9.15. The summed E-state index contributed by atoms with van der Waals surface area (Å²) in [6.45, 7) is 0. The lowest BCUT2D eigenvalue weighted by Gasteiger charge is -2.22. The molecular formula is C11H17N3S. The molecule has 82 valence electrons. The van der Waals surface area contributed by atoms with Crippen molar-refractivity contribution < 1.29 is 0 Å². The topological polar surface area (TPSA) is 29.0 Å². The highest BCUT2D eigenvalue weighted by Crippen LogP contribution is 2.40. The summed E-state index contributed by atoms with van der Waals surface area (Å²) in [6, 6.07) is 0.713. The maximum atomic E-state index is 4.65. The van der Waals surface area contributed by atoms with E-state index in [0.717, 1.165) is 11.0 Å². The lowest BCUT2D eigenvalue weighted by Crippen LogP contribution is -2.28. The first-order valence-corrected chi connectivity index (χ1v) is 6.68. The minimum atomic E-state index is 0.687. The van der Waals surface area contributed by atoms with Gasteiger partial charge < -0.3 is 4.90 Å². The quantitative estimate of drug-likeness (QED) is 0.789. The minimum absolute atomic E-state index is 0.687. The van der Waals surface area contributed by atoms with Crippen molar-refractivity contribution in [1.29, 1.82) is 0 Å². The summed E-state index contributed by atoms with van der Waals surface area (Å²) in [4.78, 5) is 6.99. The average Bonchev–Trinajstić information content (AvgIpc) is 2.83. The average molecular weight is 223 g/mol. The molecule has 1 heterocycles. The smallest absolute Gasteiger partial charge is 0.205 e. The molecule has 2 fully saturated rings. The maximum absolute atomic E-state index is 4.65. The van der Waals surface area contributed by atoms with Crippen LogP contribution in [-0.2, 0) is 0 Å². The summed E-state index contributed by atoms with van der Waals surface area (Å²) in [5.41, 5.74) is 0. The highest BCUT2D eigenvalue weighted by Gasteiger charge is 2.29. The van der Waals surface area contributed by atoms with Gasteiger partial charge in [-0.05, 0) is 25.7 Å². The standard InChI is InChI=1S/C11H17N3S/c1-14(9-4-2-3-5-9)11-12-10(13-15-11)8-6-7-8/h8-9H,2-7H2,1H3. The lowest BCUT2D eigenvalue weighted by atomic mass is 10.2. The molecule has 0 atom stereocenters.